The average Bonchev–Trinajstić information content (AvgIpc) is 2.37. The van der Waals surface area contributed by atoms with Crippen molar-refractivity contribution in [1.82, 2.24) is 0 Å². The second-order valence-electron chi connectivity index (χ2n) is 5.20. The standard InChI is InChI=1S/C14H17ClO4/c1-8-7-9(16)12(17)11(15)10(8)14(13(18)19)5-3-2-4-6-14/h7,16-17H,2-6H2,1H3,(H,18,19). The van der Waals surface area contributed by atoms with Gasteiger partial charge in [-0.05, 0) is 37.0 Å². The van der Waals surface area contributed by atoms with Crippen LogP contribution in [0.5, 0.6) is 11.5 Å². The summed E-state index contributed by atoms with van der Waals surface area (Å²) in [6.07, 6.45) is 3.67. The molecule has 0 aliphatic heterocycles. The molecule has 0 radical (unpaired) electrons. The lowest BCUT2D eigenvalue weighted by Gasteiger charge is -2.35. The number of aliphatic carboxylic acids is 1. The lowest BCUT2D eigenvalue weighted by Crippen LogP contribution is -2.38. The maximum atomic E-state index is 11.8. The van der Waals surface area contributed by atoms with Gasteiger partial charge in [0.2, 0.25) is 0 Å². The number of carboxylic acid groups (broad SMARTS) is 1. The fourth-order valence-electron chi connectivity index (χ4n) is 3.06. The van der Waals surface area contributed by atoms with Crippen LogP contribution in [0.4, 0.5) is 0 Å². The number of hydrogen-bond acceptors (Lipinski definition) is 3. The van der Waals surface area contributed by atoms with E-state index in [9.17, 15) is 20.1 Å². The number of phenols is 2. The van der Waals surface area contributed by atoms with E-state index < -0.39 is 17.1 Å². The molecule has 5 heteroatoms. The van der Waals surface area contributed by atoms with Crippen LogP contribution in [0.3, 0.4) is 0 Å². The minimum absolute atomic E-state index is 0.0400. The maximum Gasteiger partial charge on any atom is 0.314 e. The second kappa shape index (κ2) is 4.93. The normalized spacial score (nSPS) is 18.2. The van der Waals surface area contributed by atoms with Crippen LogP contribution >= 0.6 is 11.6 Å². The third-order valence-corrected chi connectivity index (χ3v) is 4.38. The molecule has 104 valence electrons. The first-order valence-corrected chi connectivity index (χ1v) is 6.73. The van der Waals surface area contributed by atoms with Crippen molar-refractivity contribution >= 4 is 17.6 Å². The molecule has 4 nitrogen and oxygen atoms in total. The zero-order valence-electron chi connectivity index (χ0n) is 10.7. The Kier molecular flexibility index (Phi) is 3.63. The lowest BCUT2D eigenvalue weighted by atomic mass is 9.68. The quantitative estimate of drug-likeness (QED) is 0.728. The van der Waals surface area contributed by atoms with Crippen LogP contribution in [-0.4, -0.2) is 21.3 Å². The van der Waals surface area contributed by atoms with Crippen molar-refractivity contribution in [3.05, 3.63) is 22.2 Å². The zero-order valence-corrected chi connectivity index (χ0v) is 11.5. The van der Waals surface area contributed by atoms with Crippen molar-refractivity contribution in [2.24, 2.45) is 0 Å². The van der Waals surface area contributed by atoms with Gasteiger partial charge in [0.15, 0.2) is 11.5 Å². The molecule has 1 saturated carbocycles. The monoisotopic (exact) mass is 284 g/mol. The minimum atomic E-state index is -1.05. The molecule has 1 fully saturated rings. The lowest BCUT2D eigenvalue weighted by molar-refractivity contribution is -0.145. The first-order valence-electron chi connectivity index (χ1n) is 6.35. The van der Waals surface area contributed by atoms with Crippen LogP contribution in [0.25, 0.3) is 0 Å². The molecule has 1 aromatic rings. The smallest absolute Gasteiger partial charge is 0.314 e. The van der Waals surface area contributed by atoms with Gasteiger partial charge in [-0.25, -0.2) is 0 Å². The van der Waals surface area contributed by atoms with Crippen LogP contribution < -0.4 is 0 Å². The number of carbonyl (C=O) groups is 1. The Labute approximate surface area is 116 Å². The average molecular weight is 285 g/mol. The second-order valence-corrected chi connectivity index (χ2v) is 5.58. The first-order chi connectivity index (χ1) is 8.90. The molecule has 0 amide bonds. The van der Waals surface area contributed by atoms with Gasteiger partial charge in [-0.2, -0.15) is 0 Å². The summed E-state index contributed by atoms with van der Waals surface area (Å²) in [5, 5.41) is 28.9. The van der Waals surface area contributed by atoms with E-state index in [0.717, 1.165) is 19.3 Å². The molecule has 1 aliphatic carbocycles. The van der Waals surface area contributed by atoms with Crippen molar-refractivity contribution in [2.45, 2.75) is 44.4 Å². The maximum absolute atomic E-state index is 11.8. The number of carboxylic acids is 1. The molecule has 2 rings (SSSR count). The van der Waals surface area contributed by atoms with E-state index in [1.54, 1.807) is 6.92 Å². The Morgan fingerprint density at radius 2 is 1.84 bits per heavy atom. The summed E-state index contributed by atoms with van der Waals surface area (Å²) >= 11 is 6.10. The number of aromatic hydroxyl groups is 2. The number of benzene rings is 1. The summed E-state index contributed by atoms with van der Waals surface area (Å²) in [5.74, 6) is -1.67. The van der Waals surface area contributed by atoms with Crippen LogP contribution in [0.15, 0.2) is 6.07 Å². The molecule has 0 heterocycles. The molecule has 19 heavy (non-hydrogen) atoms. The molecule has 0 unspecified atom stereocenters. The Balaban J connectivity index is 2.67. The van der Waals surface area contributed by atoms with Gasteiger partial charge in [0.25, 0.3) is 0 Å². The Morgan fingerprint density at radius 3 is 2.37 bits per heavy atom. The highest BCUT2D eigenvalue weighted by Gasteiger charge is 2.44. The number of phenolic OH excluding ortho intramolecular Hbond substituents is 2. The van der Waals surface area contributed by atoms with Gasteiger partial charge in [-0.1, -0.05) is 30.9 Å². The molecule has 1 aliphatic rings. The molecular formula is C14H17ClO4. The van der Waals surface area contributed by atoms with E-state index in [1.807, 2.05) is 0 Å². The fourth-order valence-corrected chi connectivity index (χ4v) is 3.49. The van der Waals surface area contributed by atoms with Gasteiger partial charge in [-0.15, -0.1) is 0 Å². The van der Waals surface area contributed by atoms with Gasteiger partial charge in [0, 0.05) is 0 Å². The third kappa shape index (κ3) is 2.14. The van der Waals surface area contributed by atoms with Crippen LogP contribution in [-0.2, 0) is 10.2 Å². The van der Waals surface area contributed by atoms with E-state index in [4.69, 9.17) is 11.6 Å². The highest BCUT2D eigenvalue weighted by molar-refractivity contribution is 6.33. The van der Waals surface area contributed by atoms with Crippen LogP contribution in [0.2, 0.25) is 5.02 Å². The minimum Gasteiger partial charge on any atom is -0.504 e. The van der Waals surface area contributed by atoms with Gasteiger partial charge < -0.3 is 15.3 Å². The highest BCUT2D eigenvalue weighted by atomic mass is 35.5. The summed E-state index contributed by atoms with van der Waals surface area (Å²) in [6, 6.07) is 1.37. The third-order valence-electron chi connectivity index (χ3n) is 4.01. The Hall–Kier alpha value is -1.42. The fraction of sp³-hybridized carbons (Fsp3) is 0.500. The van der Waals surface area contributed by atoms with Gasteiger partial charge in [0.1, 0.15) is 0 Å². The number of aryl methyl sites for hydroxylation is 1. The van der Waals surface area contributed by atoms with E-state index in [1.165, 1.54) is 6.07 Å². The van der Waals surface area contributed by atoms with Crippen LogP contribution in [0.1, 0.15) is 43.2 Å². The molecule has 0 bridgehead atoms. The summed E-state index contributed by atoms with van der Waals surface area (Å²) < 4.78 is 0. The van der Waals surface area contributed by atoms with E-state index in [2.05, 4.69) is 0 Å². The van der Waals surface area contributed by atoms with E-state index >= 15 is 0 Å². The van der Waals surface area contributed by atoms with Gasteiger partial charge >= 0.3 is 5.97 Å². The van der Waals surface area contributed by atoms with Crippen molar-refractivity contribution in [1.29, 1.82) is 0 Å². The molecular weight excluding hydrogens is 268 g/mol. The Morgan fingerprint density at radius 1 is 1.26 bits per heavy atom. The predicted molar refractivity (Wildman–Crippen MR) is 71.9 cm³/mol. The van der Waals surface area contributed by atoms with Crippen molar-refractivity contribution in [2.75, 3.05) is 0 Å². The summed E-state index contributed by atoms with van der Waals surface area (Å²) in [7, 11) is 0. The molecule has 0 atom stereocenters. The van der Waals surface area contributed by atoms with E-state index in [-0.39, 0.29) is 10.8 Å². The number of halogens is 1. The Bertz CT molecular complexity index is 519. The summed E-state index contributed by atoms with van der Waals surface area (Å²) in [4.78, 5) is 11.8. The summed E-state index contributed by atoms with van der Waals surface area (Å²) in [5.41, 5.74) is -0.00816. The predicted octanol–water partition coefficient (Wildman–Crippen LogP) is 3.35. The molecule has 0 saturated heterocycles. The van der Waals surface area contributed by atoms with Crippen LogP contribution in [0, 0.1) is 6.92 Å². The largest absolute Gasteiger partial charge is 0.504 e. The molecule has 3 N–H and O–H groups in total. The highest BCUT2D eigenvalue weighted by Crippen LogP contribution is 2.48. The van der Waals surface area contributed by atoms with Crippen molar-refractivity contribution in [3.63, 3.8) is 0 Å². The first kappa shape index (κ1) is 14.0. The van der Waals surface area contributed by atoms with Gasteiger partial charge in [0.05, 0.1) is 10.4 Å². The van der Waals surface area contributed by atoms with Gasteiger partial charge in [-0.3, -0.25) is 4.79 Å². The van der Waals surface area contributed by atoms with Crippen molar-refractivity contribution in [3.8, 4) is 11.5 Å². The molecule has 0 spiro atoms. The zero-order chi connectivity index (χ0) is 14.2. The molecule has 0 aromatic heterocycles. The molecule has 1 aromatic carbocycles. The van der Waals surface area contributed by atoms with E-state index in [0.29, 0.717) is 24.0 Å². The topological polar surface area (TPSA) is 77.8 Å². The number of hydrogen-bond donors (Lipinski definition) is 3. The number of rotatable bonds is 2. The SMILES string of the molecule is Cc1cc(O)c(O)c(Cl)c1C1(C(=O)O)CCCCC1. The van der Waals surface area contributed by atoms with Crippen molar-refractivity contribution < 1.29 is 20.1 Å². The summed E-state index contributed by atoms with van der Waals surface area (Å²) in [6.45, 7) is 1.71.